The molecule has 1 fully saturated rings. The summed E-state index contributed by atoms with van der Waals surface area (Å²) in [6.45, 7) is 5.33. The van der Waals surface area contributed by atoms with E-state index in [4.69, 9.17) is 18.0 Å². The van der Waals surface area contributed by atoms with Crippen molar-refractivity contribution in [2.24, 2.45) is 11.7 Å². The summed E-state index contributed by atoms with van der Waals surface area (Å²) in [5.74, 6) is 1.53. The van der Waals surface area contributed by atoms with E-state index in [1.807, 2.05) is 0 Å². The van der Waals surface area contributed by atoms with E-state index in [0.29, 0.717) is 16.7 Å². The summed E-state index contributed by atoms with van der Waals surface area (Å²) in [6, 6.07) is 2.14. The Morgan fingerprint density at radius 2 is 2.29 bits per heavy atom. The molecular weight excluding hydrogens is 232 g/mol. The van der Waals surface area contributed by atoms with E-state index in [2.05, 4.69) is 28.7 Å². The average molecular weight is 250 g/mol. The largest absolute Gasteiger partial charge is 0.388 e. The first-order valence-corrected chi connectivity index (χ1v) is 6.38. The molecule has 5 heteroatoms. The number of thiocarbonyl (C=S) groups is 1. The molecule has 0 aromatic carbocycles. The SMILES string of the molecule is CC(C)N(CC1CC1)c1nccc(C(N)=S)n1. The van der Waals surface area contributed by atoms with Crippen LogP contribution in [0.3, 0.4) is 0 Å². The highest BCUT2D eigenvalue weighted by molar-refractivity contribution is 7.80. The quantitative estimate of drug-likeness (QED) is 0.807. The standard InChI is InChI=1S/C12H18N4S/c1-8(2)16(7-9-3-4-9)12-14-6-5-10(15-12)11(13)17/h5-6,8-9H,3-4,7H2,1-2H3,(H2,13,17). The van der Waals surface area contributed by atoms with Crippen molar-refractivity contribution in [1.29, 1.82) is 0 Å². The van der Waals surface area contributed by atoms with Gasteiger partial charge >= 0.3 is 0 Å². The molecule has 1 heterocycles. The Bertz CT molecular complexity index is 415. The fourth-order valence-corrected chi connectivity index (χ4v) is 1.84. The van der Waals surface area contributed by atoms with Gasteiger partial charge in [0.1, 0.15) is 10.7 Å². The summed E-state index contributed by atoms with van der Waals surface area (Å²) in [5.41, 5.74) is 6.24. The fraction of sp³-hybridized carbons (Fsp3) is 0.583. The minimum atomic E-state index is 0.323. The lowest BCUT2D eigenvalue weighted by Crippen LogP contribution is -2.34. The summed E-state index contributed by atoms with van der Waals surface area (Å²) in [6.07, 6.45) is 4.36. The Labute approximate surface area is 107 Å². The molecule has 0 saturated heterocycles. The second-order valence-electron chi connectivity index (χ2n) is 4.80. The van der Waals surface area contributed by atoms with Crippen LogP contribution in [0.25, 0.3) is 0 Å². The fourth-order valence-electron chi connectivity index (χ4n) is 1.73. The van der Waals surface area contributed by atoms with Gasteiger partial charge < -0.3 is 10.6 Å². The third-order valence-electron chi connectivity index (χ3n) is 2.93. The van der Waals surface area contributed by atoms with Gasteiger partial charge in [0.25, 0.3) is 0 Å². The first-order valence-electron chi connectivity index (χ1n) is 5.97. The lowest BCUT2D eigenvalue weighted by Gasteiger charge is -2.26. The molecule has 1 aliphatic carbocycles. The number of aromatic nitrogens is 2. The smallest absolute Gasteiger partial charge is 0.226 e. The molecule has 17 heavy (non-hydrogen) atoms. The van der Waals surface area contributed by atoms with Gasteiger partial charge in [0.05, 0.1) is 0 Å². The van der Waals surface area contributed by atoms with E-state index >= 15 is 0 Å². The number of anilines is 1. The maximum absolute atomic E-state index is 5.60. The molecule has 2 rings (SSSR count). The minimum Gasteiger partial charge on any atom is -0.388 e. The Kier molecular flexibility index (Phi) is 3.57. The lowest BCUT2D eigenvalue weighted by atomic mass is 10.3. The molecule has 1 saturated carbocycles. The van der Waals surface area contributed by atoms with Crippen LogP contribution < -0.4 is 10.6 Å². The molecule has 2 N–H and O–H groups in total. The van der Waals surface area contributed by atoms with Crippen molar-refractivity contribution in [3.05, 3.63) is 18.0 Å². The van der Waals surface area contributed by atoms with E-state index < -0.39 is 0 Å². The molecule has 0 atom stereocenters. The van der Waals surface area contributed by atoms with Gasteiger partial charge in [-0.05, 0) is 38.7 Å². The van der Waals surface area contributed by atoms with Crippen molar-refractivity contribution in [2.75, 3.05) is 11.4 Å². The molecular formula is C12H18N4S. The third kappa shape index (κ3) is 3.12. The van der Waals surface area contributed by atoms with Crippen molar-refractivity contribution < 1.29 is 0 Å². The molecule has 1 aromatic heterocycles. The summed E-state index contributed by atoms with van der Waals surface area (Å²) in [4.78, 5) is 11.3. The number of nitrogens with two attached hydrogens (primary N) is 1. The zero-order valence-electron chi connectivity index (χ0n) is 10.3. The van der Waals surface area contributed by atoms with Crippen LogP contribution in [0.15, 0.2) is 12.3 Å². The van der Waals surface area contributed by atoms with Crippen LogP contribution >= 0.6 is 12.2 Å². The predicted molar refractivity (Wildman–Crippen MR) is 73.1 cm³/mol. The Hall–Kier alpha value is -1.23. The highest BCUT2D eigenvalue weighted by atomic mass is 32.1. The summed E-state index contributed by atoms with van der Waals surface area (Å²) in [7, 11) is 0. The highest BCUT2D eigenvalue weighted by Crippen LogP contribution is 2.31. The van der Waals surface area contributed by atoms with E-state index in [1.165, 1.54) is 12.8 Å². The highest BCUT2D eigenvalue weighted by Gasteiger charge is 2.26. The molecule has 4 nitrogen and oxygen atoms in total. The molecule has 0 aliphatic heterocycles. The molecule has 0 spiro atoms. The lowest BCUT2D eigenvalue weighted by molar-refractivity contribution is 0.627. The Morgan fingerprint density at radius 3 is 2.82 bits per heavy atom. The molecule has 1 aromatic rings. The van der Waals surface area contributed by atoms with Crippen molar-refractivity contribution in [3.8, 4) is 0 Å². The monoisotopic (exact) mass is 250 g/mol. The van der Waals surface area contributed by atoms with Crippen LogP contribution in [-0.2, 0) is 0 Å². The van der Waals surface area contributed by atoms with Gasteiger partial charge in [-0.1, -0.05) is 12.2 Å². The molecule has 0 radical (unpaired) electrons. The Morgan fingerprint density at radius 1 is 1.59 bits per heavy atom. The van der Waals surface area contributed by atoms with Crippen molar-refractivity contribution in [1.82, 2.24) is 9.97 Å². The zero-order chi connectivity index (χ0) is 12.4. The van der Waals surface area contributed by atoms with E-state index in [9.17, 15) is 0 Å². The number of hydrogen-bond acceptors (Lipinski definition) is 4. The van der Waals surface area contributed by atoms with Crippen molar-refractivity contribution in [2.45, 2.75) is 32.7 Å². The maximum Gasteiger partial charge on any atom is 0.226 e. The molecule has 0 unspecified atom stereocenters. The van der Waals surface area contributed by atoms with Gasteiger partial charge in [-0.25, -0.2) is 9.97 Å². The summed E-state index contributed by atoms with van der Waals surface area (Å²) >= 11 is 4.94. The third-order valence-corrected chi connectivity index (χ3v) is 3.14. The van der Waals surface area contributed by atoms with Crippen LogP contribution in [0, 0.1) is 5.92 Å². The topological polar surface area (TPSA) is 55.0 Å². The van der Waals surface area contributed by atoms with Crippen LogP contribution in [-0.4, -0.2) is 27.5 Å². The Balaban J connectivity index is 2.21. The van der Waals surface area contributed by atoms with Crippen LogP contribution in [0.1, 0.15) is 32.4 Å². The normalized spacial score (nSPS) is 15.0. The van der Waals surface area contributed by atoms with Gasteiger partial charge in [-0.15, -0.1) is 0 Å². The second-order valence-corrected chi connectivity index (χ2v) is 5.24. The number of nitrogens with zero attached hydrogens (tertiary/aromatic N) is 3. The first kappa shape index (κ1) is 12.2. The van der Waals surface area contributed by atoms with Crippen LogP contribution in [0.4, 0.5) is 5.95 Å². The molecule has 0 amide bonds. The van der Waals surface area contributed by atoms with Crippen molar-refractivity contribution >= 4 is 23.2 Å². The summed E-state index contributed by atoms with van der Waals surface area (Å²) < 4.78 is 0. The average Bonchev–Trinajstić information content (AvgIpc) is 3.09. The molecule has 92 valence electrons. The van der Waals surface area contributed by atoms with Crippen molar-refractivity contribution in [3.63, 3.8) is 0 Å². The maximum atomic E-state index is 5.60. The van der Waals surface area contributed by atoms with Gasteiger partial charge in [0, 0.05) is 18.8 Å². The number of hydrogen-bond donors (Lipinski definition) is 1. The minimum absolute atomic E-state index is 0.323. The zero-order valence-corrected chi connectivity index (χ0v) is 11.1. The number of rotatable bonds is 5. The van der Waals surface area contributed by atoms with Crippen LogP contribution in [0.2, 0.25) is 0 Å². The van der Waals surface area contributed by atoms with E-state index in [-0.39, 0.29) is 0 Å². The summed E-state index contributed by atoms with van der Waals surface area (Å²) in [5, 5.41) is 0. The first-order chi connectivity index (χ1) is 8.08. The van der Waals surface area contributed by atoms with E-state index in [0.717, 1.165) is 18.4 Å². The molecule has 0 bridgehead atoms. The van der Waals surface area contributed by atoms with Gasteiger partial charge in [-0.2, -0.15) is 0 Å². The molecule has 1 aliphatic rings. The van der Waals surface area contributed by atoms with Gasteiger partial charge in [0.2, 0.25) is 5.95 Å². The van der Waals surface area contributed by atoms with Crippen LogP contribution in [0.5, 0.6) is 0 Å². The predicted octanol–water partition coefficient (Wildman–Crippen LogP) is 1.74. The van der Waals surface area contributed by atoms with Gasteiger partial charge in [0.15, 0.2) is 0 Å². The van der Waals surface area contributed by atoms with Gasteiger partial charge in [-0.3, -0.25) is 0 Å². The van der Waals surface area contributed by atoms with E-state index in [1.54, 1.807) is 12.3 Å². The second kappa shape index (κ2) is 4.96.